The Morgan fingerprint density at radius 2 is 1.81 bits per heavy atom. The molecule has 3 aromatic rings. The van der Waals surface area contributed by atoms with Crippen LogP contribution in [0.1, 0.15) is 35.3 Å². The van der Waals surface area contributed by atoms with E-state index in [1.807, 2.05) is 0 Å². The molecule has 0 spiro atoms. The van der Waals surface area contributed by atoms with Crippen molar-refractivity contribution in [2.24, 2.45) is 0 Å². The first-order chi connectivity index (χ1) is 15.2. The number of nitrogens with one attached hydrogen (secondary N) is 1. The quantitative estimate of drug-likeness (QED) is 0.560. The number of quaternary nitrogens is 1. The van der Waals surface area contributed by atoms with E-state index in [4.69, 9.17) is 4.42 Å². The Hall–Kier alpha value is -2.75. The minimum Gasteiger partial charge on any atom is -0.872 e. The van der Waals surface area contributed by atoms with Crippen LogP contribution >= 0.6 is 0 Å². The molecule has 1 fully saturated rings. The van der Waals surface area contributed by atoms with Crippen LogP contribution < -0.4 is 10.0 Å². The van der Waals surface area contributed by atoms with Gasteiger partial charge >= 0.3 is 0 Å². The van der Waals surface area contributed by atoms with Gasteiger partial charge in [-0.1, -0.05) is 11.8 Å². The molecule has 1 aliphatic rings. The van der Waals surface area contributed by atoms with Gasteiger partial charge in [0.05, 0.1) is 37.0 Å². The Balaban J connectivity index is 1.61. The van der Waals surface area contributed by atoms with Crippen molar-refractivity contribution in [2.75, 3.05) is 26.2 Å². The smallest absolute Gasteiger partial charge is 0.216 e. The number of sulfonamides is 1. The summed E-state index contributed by atoms with van der Waals surface area (Å²) in [6.07, 6.45) is 1.34. The highest BCUT2D eigenvalue weighted by molar-refractivity contribution is 7.89. The van der Waals surface area contributed by atoms with E-state index in [0.29, 0.717) is 54.8 Å². The summed E-state index contributed by atoms with van der Waals surface area (Å²) in [5.74, 6) is -0.987. The van der Waals surface area contributed by atoms with Gasteiger partial charge in [-0.15, -0.1) is 0 Å². The number of nitrogens with zero attached hydrogens (tertiary/aromatic N) is 1. The van der Waals surface area contributed by atoms with E-state index in [1.54, 1.807) is 19.9 Å². The lowest BCUT2D eigenvalue weighted by Crippen LogP contribution is -3.13. The van der Waals surface area contributed by atoms with Crippen molar-refractivity contribution >= 4 is 26.8 Å². The van der Waals surface area contributed by atoms with Gasteiger partial charge < -0.3 is 14.4 Å². The molecule has 0 radical (unpaired) electrons. The molecular weight excluding hydrogens is 435 g/mol. The van der Waals surface area contributed by atoms with Crippen molar-refractivity contribution in [1.29, 1.82) is 0 Å². The van der Waals surface area contributed by atoms with Gasteiger partial charge in [-0.25, -0.2) is 12.8 Å². The second-order valence-electron chi connectivity index (χ2n) is 8.32. The second kappa shape index (κ2) is 8.65. The van der Waals surface area contributed by atoms with Crippen molar-refractivity contribution in [2.45, 2.75) is 25.6 Å². The van der Waals surface area contributed by atoms with Gasteiger partial charge in [0.15, 0.2) is 5.78 Å². The molecule has 170 valence electrons. The summed E-state index contributed by atoms with van der Waals surface area (Å²) in [5.41, 5.74) is 1.47. The second-order valence-corrected chi connectivity index (χ2v) is 10.8. The zero-order valence-corrected chi connectivity index (χ0v) is 18.7. The number of rotatable bonds is 6. The Morgan fingerprint density at radius 1 is 1.16 bits per heavy atom. The van der Waals surface area contributed by atoms with E-state index in [9.17, 15) is 22.7 Å². The minimum atomic E-state index is -3.31. The molecular formula is C23H25FN2O5S. The van der Waals surface area contributed by atoms with Gasteiger partial charge in [-0.05, 0) is 44.2 Å². The zero-order chi connectivity index (χ0) is 23.0. The fraction of sp³-hybridized carbons (Fsp3) is 0.348. The molecule has 9 heteroatoms. The van der Waals surface area contributed by atoms with Crippen LogP contribution in [-0.4, -0.2) is 49.9 Å². The number of furan rings is 1. The summed E-state index contributed by atoms with van der Waals surface area (Å²) in [5, 5.41) is 12.7. The van der Waals surface area contributed by atoms with Gasteiger partial charge in [-0.2, -0.15) is 4.31 Å². The van der Waals surface area contributed by atoms with E-state index in [2.05, 4.69) is 0 Å². The topological polar surface area (TPSA) is 95.1 Å². The maximum absolute atomic E-state index is 13.3. The van der Waals surface area contributed by atoms with E-state index >= 15 is 0 Å². The van der Waals surface area contributed by atoms with Crippen molar-refractivity contribution in [3.8, 4) is 5.75 Å². The maximum Gasteiger partial charge on any atom is 0.216 e. The third kappa shape index (κ3) is 4.15. The maximum atomic E-state index is 13.3. The van der Waals surface area contributed by atoms with E-state index in [1.165, 1.54) is 40.9 Å². The molecule has 4 rings (SSSR count). The van der Waals surface area contributed by atoms with E-state index in [-0.39, 0.29) is 17.1 Å². The minimum absolute atomic E-state index is 0.197. The van der Waals surface area contributed by atoms with Crippen LogP contribution in [0.3, 0.4) is 0 Å². The molecule has 0 saturated carbocycles. The molecule has 0 unspecified atom stereocenters. The third-order valence-corrected chi connectivity index (χ3v) is 8.24. The van der Waals surface area contributed by atoms with Crippen LogP contribution in [0.2, 0.25) is 0 Å². The summed E-state index contributed by atoms with van der Waals surface area (Å²) >= 11 is 0. The number of ketones is 1. The van der Waals surface area contributed by atoms with Gasteiger partial charge in [-0.3, -0.25) is 4.79 Å². The molecule has 2 heterocycles. The number of halogens is 1. The highest BCUT2D eigenvalue weighted by Gasteiger charge is 2.31. The molecule has 1 N–H and O–H groups in total. The summed E-state index contributed by atoms with van der Waals surface area (Å²) in [4.78, 5) is 14.1. The lowest BCUT2D eigenvalue weighted by Gasteiger charge is -2.33. The van der Waals surface area contributed by atoms with E-state index < -0.39 is 21.1 Å². The van der Waals surface area contributed by atoms with Crippen LogP contribution in [0.4, 0.5) is 4.39 Å². The normalized spacial score (nSPS) is 16.1. The van der Waals surface area contributed by atoms with Crippen molar-refractivity contribution < 1.29 is 32.0 Å². The molecule has 1 aromatic heterocycles. The summed E-state index contributed by atoms with van der Waals surface area (Å²) in [6, 6.07) is 8.19. The molecule has 32 heavy (non-hydrogen) atoms. The number of piperazine rings is 1. The molecule has 0 bridgehead atoms. The molecule has 0 aliphatic carbocycles. The van der Waals surface area contributed by atoms with Crippen LogP contribution in [0.5, 0.6) is 5.75 Å². The first-order valence-electron chi connectivity index (χ1n) is 10.5. The lowest BCUT2D eigenvalue weighted by atomic mass is 9.98. The average Bonchev–Trinajstić information content (AvgIpc) is 3.20. The monoisotopic (exact) mass is 460 g/mol. The summed E-state index contributed by atoms with van der Waals surface area (Å²) in [6.45, 7) is 5.56. The highest BCUT2D eigenvalue weighted by Crippen LogP contribution is 2.31. The number of hydrogen-bond donors (Lipinski definition) is 1. The van der Waals surface area contributed by atoms with Crippen molar-refractivity contribution in [3.05, 3.63) is 65.2 Å². The molecule has 7 nitrogen and oxygen atoms in total. The van der Waals surface area contributed by atoms with Gasteiger partial charge in [0.2, 0.25) is 10.0 Å². The predicted octanol–water partition coefficient (Wildman–Crippen LogP) is 1.32. The first kappa shape index (κ1) is 22.4. The van der Waals surface area contributed by atoms with Gasteiger partial charge in [0, 0.05) is 16.5 Å². The Bertz CT molecular complexity index is 1240. The number of carbonyl (C=O) groups excluding carboxylic acids is 1. The average molecular weight is 461 g/mol. The fourth-order valence-corrected chi connectivity index (χ4v) is 5.35. The number of carbonyl (C=O) groups is 1. The SMILES string of the molecule is CC(C)S(=O)(=O)N1CC[NH+](Cc2c([O-])ccc3occ(C(=O)c4ccc(F)cc4)c23)CC1. The van der Waals surface area contributed by atoms with Crippen molar-refractivity contribution in [1.82, 2.24) is 4.31 Å². The molecule has 0 atom stereocenters. The molecule has 1 saturated heterocycles. The third-order valence-electron chi connectivity index (χ3n) is 5.97. The van der Waals surface area contributed by atoms with E-state index in [0.717, 1.165) is 4.90 Å². The van der Waals surface area contributed by atoms with Crippen LogP contribution in [0.25, 0.3) is 11.0 Å². The van der Waals surface area contributed by atoms with Crippen molar-refractivity contribution in [3.63, 3.8) is 0 Å². The van der Waals surface area contributed by atoms with Gasteiger partial charge in [0.25, 0.3) is 0 Å². The number of fused-ring (bicyclic) bond motifs is 1. The largest absolute Gasteiger partial charge is 0.872 e. The fourth-order valence-electron chi connectivity index (χ4n) is 4.06. The van der Waals surface area contributed by atoms with Crippen LogP contribution in [-0.2, 0) is 16.6 Å². The zero-order valence-electron chi connectivity index (χ0n) is 17.9. The molecule has 2 aromatic carbocycles. The molecule has 0 amide bonds. The first-order valence-corrected chi connectivity index (χ1v) is 12.0. The van der Waals surface area contributed by atoms with Crippen LogP contribution in [0.15, 0.2) is 47.1 Å². The number of hydrogen-bond acceptors (Lipinski definition) is 5. The lowest BCUT2D eigenvalue weighted by molar-refractivity contribution is -0.917. The van der Waals surface area contributed by atoms with Crippen LogP contribution in [0, 0.1) is 5.82 Å². The number of benzene rings is 2. The Morgan fingerprint density at radius 3 is 2.44 bits per heavy atom. The highest BCUT2D eigenvalue weighted by atomic mass is 32.2. The Kier molecular flexibility index (Phi) is 6.07. The molecule has 1 aliphatic heterocycles. The standard InChI is InChI=1S/C23H25FN2O5S/c1-15(2)32(29,30)26-11-9-25(10-12-26)13-18-20(27)7-8-21-22(18)19(14-31-21)23(28)16-3-5-17(24)6-4-16/h3-8,14-15,27H,9-13H2,1-2H3. The Labute approximate surface area is 186 Å². The summed E-state index contributed by atoms with van der Waals surface area (Å²) in [7, 11) is -3.31. The summed E-state index contributed by atoms with van der Waals surface area (Å²) < 4.78 is 45.1. The predicted molar refractivity (Wildman–Crippen MR) is 116 cm³/mol. The van der Waals surface area contributed by atoms with Gasteiger partial charge in [0.1, 0.15) is 24.2 Å².